The Balaban J connectivity index is 2.18. The summed E-state index contributed by atoms with van der Waals surface area (Å²) in [4.78, 5) is 16.6. The van der Waals surface area contributed by atoms with Gasteiger partial charge in [-0.2, -0.15) is 13.2 Å². The fraction of sp³-hybridized carbons (Fsp3) is 0.533. The molecule has 1 heterocycles. The third kappa shape index (κ3) is 3.83. The Morgan fingerprint density at radius 2 is 1.76 bits per heavy atom. The molecule has 0 aliphatic carbocycles. The first-order valence-electron chi connectivity index (χ1n) is 6.89. The fourth-order valence-electron chi connectivity index (χ4n) is 2.57. The van der Waals surface area contributed by atoms with E-state index in [0.29, 0.717) is 12.1 Å². The molecule has 0 aromatic heterocycles. The van der Waals surface area contributed by atoms with E-state index in [-0.39, 0.29) is 11.8 Å². The van der Waals surface area contributed by atoms with Gasteiger partial charge < -0.3 is 4.90 Å². The molecular weight excluding hydrogens is 281 g/mol. The lowest BCUT2D eigenvalue weighted by atomic mass is 10.0. The summed E-state index contributed by atoms with van der Waals surface area (Å²) in [5.74, 6) is -0.125. The van der Waals surface area contributed by atoms with Crippen molar-refractivity contribution in [3.8, 4) is 0 Å². The molecule has 1 unspecified atom stereocenters. The number of halogens is 3. The number of Topliss-reactive ketones (excluding diaryl/α,β-unsaturated/α-hetero) is 1. The summed E-state index contributed by atoms with van der Waals surface area (Å²) in [7, 11) is 3.83. The third-order valence-corrected chi connectivity index (χ3v) is 3.87. The molecule has 6 heteroatoms. The van der Waals surface area contributed by atoms with Gasteiger partial charge in [0.2, 0.25) is 0 Å². The third-order valence-electron chi connectivity index (χ3n) is 3.87. The molecule has 0 amide bonds. The molecule has 0 N–H and O–H groups in total. The quantitative estimate of drug-likeness (QED) is 0.784. The van der Waals surface area contributed by atoms with Crippen molar-refractivity contribution in [3.05, 3.63) is 35.4 Å². The van der Waals surface area contributed by atoms with Crippen LogP contribution in [0.5, 0.6) is 0 Å². The van der Waals surface area contributed by atoms with Gasteiger partial charge in [0.15, 0.2) is 5.78 Å². The van der Waals surface area contributed by atoms with Gasteiger partial charge in [-0.1, -0.05) is 12.1 Å². The van der Waals surface area contributed by atoms with E-state index in [1.54, 1.807) is 0 Å². The highest BCUT2D eigenvalue weighted by molar-refractivity contribution is 6.00. The van der Waals surface area contributed by atoms with Crippen LogP contribution in [0.2, 0.25) is 0 Å². The Morgan fingerprint density at radius 1 is 1.14 bits per heavy atom. The van der Waals surface area contributed by atoms with E-state index in [9.17, 15) is 18.0 Å². The van der Waals surface area contributed by atoms with Gasteiger partial charge in [-0.25, -0.2) is 0 Å². The number of hydrogen-bond acceptors (Lipinski definition) is 3. The fourth-order valence-corrected chi connectivity index (χ4v) is 2.57. The van der Waals surface area contributed by atoms with Crippen molar-refractivity contribution in [1.82, 2.24) is 9.80 Å². The van der Waals surface area contributed by atoms with Crippen LogP contribution in [-0.4, -0.2) is 55.4 Å². The van der Waals surface area contributed by atoms with Crippen molar-refractivity contribution in [2.45, 2.75) is 18.6 Å². The van der Waals surface area contributed by atoms with Gasteiger partial charge in [0.05, 0.1) is 11.6 Å². The molecule has 0 bridgehead atoms. The maximum Gasteiger partial charge on any atom is 0.416 e. The molecule has 0 saturated carbocycles. The first-order chi connectivity index (χ1) is 9.79. The number of hydrogen-bond donors (Lipinski definition) is 0. The summed E-state index contributed by atoms with van der Waals surface area (Å²) in [5, 5.41) is 0. The number of likely N-dealkylation sites (N-methyl/N-ethyl adjacent to an activating group) is 2. The molecule has 3 nitrogen and oxygen atoms in total. The number of benzene rings is 1. The molecule has 1 fully saturated rings. The summed E-state index contributed by atoms with van der Waals surface area (Å²) in [6, 6.07) is 4.16. The minimum absolute atomic E-state index is 0.125. The zero-order valence-electron chi connectivity index (χ0n) is 12.2. The Morgan fingerprint density at radius 3 is 2.33 bits per heavy atom. The normalized spacial score (nSPS) is 22.0. The van der Waals surface area contributed by atoms with Crippen molar-refractivity contribution < 1.29 is 18.0 Å². The molecule has 1 aliphatic heterocycles. The Bertz CT molecular complexity index is 499. The van der Waals surface area contributed by atoms with Crippen LogP contribution in [0.15, 0.2) is 24.3 Å². The highest BCUT2D eigenvalue weighted by Crippen LogP contribution is 2.29. The lowest BCUT2D eigenvalue weighted by Crippen LogP contribution is -2.43. The van der Waals surface area contributed by atoms with Crippen LogP contribution in [0.3, 0.4) is 0 Å². The van der Waals surface area contributed by atoms with E-state index < -0.39 is 11.7 Å². The first kappa shape index (κ1) is 16.0. The standard InChI is InChI=1S/C15H19F3N2O/c1-19-8-3-9-20(2)13(10-19)14(21)11-4-6-12(7-5-11)15(16,17)18/h4-7,13H,3,8-10H2,1-2H3. The summed E-state index contributed by atoms with van der Waals surface area (Å²) < 4.78 is 37.6. The SMILES string of the molecule is CN1CCCN(C)C(C(=O)c2ccc(C(F)(F)F)cc2)C1. The lowest BCUT2D eigenvalue weighted by Gasteiger charge is -2.26. The number of rotatable bonds is 2. The largest absolute Gasteiger partial charge is 0.416 e. The summed E-state index contributed by atoms with van der Waals surface area (Å²) in [6.45, 7) is 2.32. The average molecular weight is 300 g/mol. The molecule has 0 spiro atoms. The minimum Gasteiger partial charge on any atom is -0.304 e. The Labute approximate surface area is 122 Å². The number of nitrogens with zero attached hydrogens (tertiary/aromatic N) is 2. The highest BCUT2D eigenvalue weighted by Gasteiger charge is 2.31. The van der Waals surface area contributed by atoms with E-state index in [0.717, 1.165) is 31.6 Å². The second kappa shape index (κ2) is 6.15. The highest BCUT2D eigenvalue weighted by atomic mass is 19.4. The van der Waals surface area contributed by atoms with Crippen LogP contribution in [0.1, 0.15) is 22.3 Å². The van der Waals surface area contributed by atoms with E-state index in [1.165, 1.54) is 12.1 Å². The van der Waals surface area contributed by atoms with E-state index in [1.807, 2.05) is 19.0 Å². The molecule has 116 valence electrons. The van der Waals surface area contributed by atoms with Crippen molar-refractivity contribution in [3.63, 3.8) is 0 Å². The van der Waals surface area contributed by atoms with Gasteiger partial charge in [0.25, 0.3) is 0 Å². The summed E-state index contributed by atoms with van der Waals surface area (Å²) in [6.07, 6.45) is -3.40. The molecule has 2 rings (SSSR count). The molecule has 0 radical (unpaired) electrons. The van der Waals surface area contributed by atoms with Gasteiger partial charge in [-0.15, -0.1) is 0 Å². The second-order valence-corrected chi connectivity index (χ2v) is 5.55. The van der Waals surface area contributed by atoms with Crippen molar-refractivity contribution in [2.24, 2.45) is 0 Å². The molecule has 1 aromatic rings. The Kier molecular flexibility index (Phi) is 4.68. The van der Waals surface area contributed by atoms with Gasteiger partial charge >= 0.3 is 6.18 Å². The maximum absolute atomic E-state index is 12.5. The van der Waals surface area contributed by atoms with Crippen molar-refractivity contribution >= 4 is 5.78 Å². The van der Waals surface area contributed by atoms with Crippen LogP contribution < -0.4 is 0 Å². The van der Waals surface area contributed by atoms with Gasteiger partial charge in [-0.3, -0.25) is 9.69 Å². The second-order valence-electron chi connectivity index (χ2n) is 5.55. The smallest absolute Gasteiger partial charge is 0.304 e. The predicted molar refractivity (Wildman–Crippen MR) is 74.3 cm³/mol. The van der Waals surface area contributed by atoms with E-state index in [2.05, 4.69) is 4.90 Å². The predicted octanol–water partition coefficient (Wildman–Crippen LogP) is 2.52. The lowest BCUT2D eigenvalue weighted by molar-refractivity contribution is -0.137. The van der Waals surface area contributed by atoms with Crippen LogP contribution in [0.4, 0.5) is 13.2 Å². The Hall–Kier alpha value is -1.40. The molecule has 1 atom stereocenters. The molecule has 21 heavy (non-hydrogen) atoms. The minimum atomic E-state index is -4.37. The van der Waals surface area contributed by atoms with E-state index in [4.69, 9.17) is 0 Å². The first-order valence-corrected chi connectivity index (χ1v) is 6.89. The van der Waals surface area contributed by atoms with E-state index >= 15 is 0 Å². The molecule has 1 aromatic carbocycles. The zero-order valence-corrected chi connectivity index (χ0v) is 12.2. The maximum atomic E-state index is 12.5. The van der Waals surface area contributed by atoms with Gasteiger partial charge in [0.1, 0.15) is 0 Å². The number of ketones is 1. The van der Waals surface area contributed by atoms with Crippen LogP contribution >= 0.6 is 0 Å². The van der Waals surface area contributed by atoms with Gasteiger partial charge in [-0.05, 0) is 45.7 Å². The van der Waals surface area contributed by atoms with Crippen LogP contribution in [-0.2, 0) is 6.18 Å². The monoisotopic (exact) mass is 300 g/mol. The van der Waals surface area contributed by atoms with Crippen molar-refractivity contribution in [1.29, 1.82) is 0 Å². The number of carbonyl (C=O) groups is 1. The van der Waals surface area contributed by atoms with Crippen LogP contribution in [0, 0.1) is 0 Å². The van der Waals surface area contributed by atoms with Crippen LogP contribution in [0.25, 0.3) is 0 Å². The molecule has 1 aliphatic rings. The number of carbonyl (C=O) groups excluding carboxylic acids is 1. The zero-order chi connectivity index (χ0) is 15.6. The van der Waals surface area contributed by atoms with Crippen molar-refractivity contribution in [2.75, 3.05) is 33.7 Å². The molecular formula is C15H19F3N2O. The topological polar surface area (TPSA) is 23.6 Å². The van der Waals surface area contributed by atoms with Gasteiger partial charge in [0, 0.05) is 12.1 Å². The number of alkyl halides is 3. The molecule has 1 saturated heterocycles. The summed E-state index contributed by atoms with van der Waals surface area (Å²) in [5.41, 5.74) is -0.402. The average Bonchev–Trinajstić information content (AvgIpc) is 2.59. The summed E-state index contributed by atoms with van der Waals surface area (Å²) >= 11 is 0.